The quantitative estimate of drug-likeness (QED) is 0.325. The van der Waals surface area contributed by atoms with Gasteiger partial charge in [-0.2, -0.15) is 0 Å². The molecule has 0 aliphatic heterocycles. The Balaban J connectivity index is 0.00000134. The summed E-state index contributed by atoms with van der Waals surface area (Å²) in [4.78, 5) is 4.35. The van der Waals surface area contributed by atoms with Gasteiger partial charge in [-0.25, -0.2) is 0 Å². The lowest BCUT2D eigenvalue weighted by atomic mass is 10.0. The Kier molecular flexibility index (Phi) is 12.1. The molecule has 25 heavy (non-hydrogen) atoms. The van der Waals surface area contributed by atoms with Gasteiger partial charge in [0.05, 0.1) is 0 Å². The molecule has 1 aromatic rings. The van der Waals surface area contributed by atoms with E-state index in [0.29, 0.717) is 0 Å². The predicted octanol–water partition coefficient (Wildman–Crippen LogP) is 4.14. The number of benzene rings is 1. The van der Waals surface area contributed by atoms with Crippen LogP contribution in [-0.2, 0) is 0 Å². The zero-order chi connectivity index (χ0) is 19.2. The lowest BCUT2D eigenvalue weighted by molar-refractivity contribution is 0.920. The minimum Gasteiger partial charge on any atom is -0.398 e. The lowest BCUT2D eigenvalue weighted by Crippen LogP contribution is -2.28. The maximum absolute atomic E-state index is 6.03. The van der Waals surface area contributed by atoms with Crippen molar-refractivity contribution in [2.24, 2.45) is 16.6 Å². The molecule has 1 aliphatic rings. The molecule has 1 saturated carbocycles. The Hall–Kier alpha value is -2.07. The Morgan fingerprint density at radius 2 is 1.76 bits per heavy atom. The van der Waals surface area contributed by atoms with Crippen molar-refractivity contribution in [3.05, 3.63) is 53.1 Å². The van der Waals surface area contributed by atoms with E-state index in [-0.39, 0.29) is 0 Å². The van der Waals surface area contributed by atoms with Crippen molar-refractivity contribution in [3.8, 4) is 0 Å². The Morgan fingerprint density at radius 1 is 1.16 bits per heavy atom. The number of allylic oxidation sites excluding steroid dienone is 2. The number of nitrogen functional groups attached to an aromatic ring is 1. The van der Waals surface area contributed by atoms with Gasteiger partial charge in [0.1, 0.15) is 5.84 Å². The van der Waals surface area contributed by atoms with Crippen LogP contribution < -0.4 is 16.8 Å². The summed E-state index contributed by atoms with van der Waals surface area (Å²) in [5.74, 6) is 1.60. The van der Waals surface area contributed by atoms with Crippen LogP contribution in [0.5, 0.6) is 0 Å². The average molecular weight is 345 g/mol. The van der Waals surface area contributed by atoms with Crippen molar-refractivity contribution in [1.82, 2.24) is 5.32 Å². The Bertz CT molecular complexity index is 581. The summed E-state index contributed by atoms with van der Waals surface area (Å²) in [5, 5.41) is 3.44. The Morgan fingerprint density at radius 3 is 2.20 bits per heavy atom. The van der Waals surface area contributed by atoms with Crippen molar-refractivity contribution < 1.29 is 0 Å². The van der Waals surface area contributed by atoms with Gasteiger partial charge >= 0.3 is 0 Å². The van der Waals surface area contributed by atoms with E-state index in [0.717, 1.165) is 29.5 Å². The summed E-state index contributed by atoms with van der Waals surface area (Å²) in [5.41, 5.74) is 15.1. The molecule has 0 spiro atoms. The molecule has 0 amide bonds. The average Bonchev–Trinajstić information content (AvgIpc) is 3.51. The fraction of sp³-hybridized carbons (Fsp3) is 0.476. The zero-order valence-electron chi connectivity index (χ0n) is 16.8. The summed E-state index contributed by atoms with van der Waals surface area (Å²) < 4.78 is 0. The molecule has 0 unspecified atom stereocenters. The van der Waals surface area contributed by atoms with Crippen LogP contribution in [0.15, 0.2) is 52.6 Å². The number of nitrogens with two attached hydrogens (primary N) is 2. The third-order valence-corrected chi connectivity index (χ3v) is 3.93. The molecular formula is C21H36N4. The second-order valence-corrected chi connectivity index (χ2v) is 5.35. The number of hydrogen-bond acceptors (Lipinski definition) is 3. The van der Waals surface area contributed by atoms with Crippen LogP contribution in [0.3, 0.4) is 0 Å². The topological polar surface area (TPSA) is 76.4 Å². The summed E-state index contributed by atoms with van der Waals surface area (Å²) in [6.45, 7) is 9.01. The lowest BCUT2D eigenvalue weighted by Gasteiger charge is -2.15. The highest BCUT2D eigenvalue weighted by Gasteiger charge is 2.27. The first kappa shape index (κ1) is 22.9. The maximum atomic E-state index is 6.03. The number of amidine groups is 1. The van der Waals surface area contributed by atoms with Crippen LogP contribution >= 0.6 is 0 Å². The monoisotopic (exact) mass is 344 g/mol. The normalized spacial score (nSPS) is 14.8. The smallest absolute Gasteiger partial charge is 0.130 e. The Labute approximate surface area is 154 Å². The van der Waals surface area contributed by atoms with Crippen molar-refractivity contribution in [3.63, 3.8) is 0 Å². The van der Waals surface area contributed by atoms with Crippen molar-refractivity contribution in [2.75, 3.05) is 26.4 Å². The largest absolute Gasteiger partial charge is 0.398 e. The molecule has 0 bridgehead atoms. The van der Waals surface area contributed by atoms with Crippen molar-refractivity contribution in [2.45, 2.75) is 40.5 Å². The van der Waals surface area contributed by atoms with Gasteiger partial charge in [0, 0.05) is 24.8 Å². The SMILES string of the molecule is C/C=C(\C(=C/C)CNC(=NC)c1ccccc1N)C1CC1.CC.CN. The fourth-order valence-electron chi connectivity index (χ4n) is 2.63. The summed E-state index contributed by atoms with van der Waals surface area (Å²) >= 11 is 0. The van der Waals surface area contributed by atoms with E-state index in [1.807, 2.05) is 38.1 Å². The molecule has 4 heteroatoms. The van der Waals surface area contributed by atoms with E-state index in [4.69, 9.17) is 5.73 Å². The van der Waals surface area contributed by atoms with Gasteiger partial charge in [0.25, 0.3) is 0 Å². The first-order valence-corrected chi connectivity index (χ1v) is 9.16. The van der Waals surface area contributed by atoms with Gasteiger partial charge in [-0.3, -0.25) is 4.99 Å². The zero-order valence-corrected chi connectivity index (χ0v) is 16.8. The number of nitrogens with one attached hydrogen (secondary N) is 1. The predicted molar refractivity (Wildman–Crippen MR) is 113 cm³/mol. The molecule has 0 aromatic heterocycles. The van der Waals surface area contributed by atoms with E-state index >= 15 is 0 Å². The molecule has 4 nitrogen and oxygen atoms in total. The highest BCUT2D eigenvalue weighted by atomic mass is 15.0. The molecule has 140 valence electrons. The second kappa shape index (κ2) is 13.2. The van der Waals surface area contributed by atoms with E-state index < -0.39 is 0 Å². The summed E-state index contributed by atoms with van der Waals surface area (Å²) in [7, 11) is 3.29. The third kappa shape index (κ3) is 7.14. The number of para-hydroxylation sites is 1. The minimum atomic E-state index is 0.751. The number of aliphatic imine (C=N–C) groups is 1. The van der Waals surface area contributed by atoms with Gasteiger partial charge in [-0.15, -0.1) is 0 Å². The molecule has 0 radical (unpaired) electrons. The van der Waals surface area contributed by atoms with Crippen LogP contribution in [0.2, 0.25) is 0 Å². The highest BCUT2D eigenvalue weighted by Crippen LogP contribution is 2.39. The van der Waals surface area contributed by atoms with Crippen LogP contribution in [0.4, 0.5) is 5.69 Å². The summed E-state index contributed by atoms with van der Waals surface area (Å²) in [6.07, 6.45) is 7.07. The van der Waals surface area contributed by atoms with Crippen molar-refractivity contribution in [1.29, 1.82) is 0 Å². The molecule has 5 N–H and O–H groups in total. The standard InChI is InChI=1S/C18H25N3.C2H6.CH5N/c1-4-13(15(5-2)14-10-11-14)12-21-18(20-3)16-8-6-7-9-17(16)19;2*1-2/h4-9,14H,10-12,19H2,1-3H3,(H,20,21);1-2H3;2H2,1H3/b13-4-,15-5+;;. The molecule has 1 fully saturated rings. The fourth-order valence-corrected chi connectivity index (χ4v) is 2.63. The molecule has 2 rings (SSSR count). The first-order chi connectivity index (χ1) is 12.2. The van der Waals surface area contributed by atoms with E-state index in [2.05, 4.69) is 42.0 Å². The van der Waals surface area contributed by atoms with Crippen LogP contribution in [-0.4, -0.2) is 26.5 Å². The number of anilines is 1. The molecule has 1 aliphatic carbocycles. The number of nitrogens with zero attached hydrogens (tertiary/aromatic N) is 1. The van der Waals surface area contributed by atoms with Gasteiger partial charge in [-0.1, -0.05) is 38.1 Å². The van der Waals surface area contributed by atoms with Gasteiger partial charge in [0.2, 0.25) is 0 Å². The van der Waals surface area contributed by atoms with E-state index in [9.17, 15) is 0 Å². The van der Waals surface area contributed by atoms with Gasteiger partial charge in [-0.05, 0) is 62.9 Å². The van der Waals surface area contributed by atoms with Crippen LogP contribution in [0, 0.1) is 5.92 Å². The van der Waals surface area contributed by atoms with Gasteiger partial charge < -0.3 is 16.8 Å². The van der Waals surface area contributed by atoms with Crippen LogP contribution in [0.1, 0.15) is 46.1 Å². The van der Waals surface area contributed by atoms with E-state index in [1.54, 1.807) is 7.05 Å². The summed E-state index contributed by atoms with van der Waals surface area (Å²) in [6, 6.07) is 7.82. The van der Waals surface area contributed by atoms with Crippen LogP contribution in [0.25, 0.3) is 0 Å². The first-order valence-electron chi connectivity index (χ1n) is 9.16. The molecule has 0 heterocycles. The van der Waals surface area contributed by atoms with Gasteiger partial charge in [0.15, 0.2) is 0 Å². The second-order valence-electron chi connectivity index (χ2n) is 5.35. The highest BCUT2D eigenvalue weighted by molar-refractivity contribution is 6.03. The number of rotatable bonds is 5. The molecule has 1 aromatic carbocycles. The third-order valence-electron chi connectivity index (χ3n) is 3.93. The maximum Gasteiger partial charge on any atom is 0.130 e. The molecule has 0 saturated heterocycles. The molecular weight excluding hydrogens is 308 g/mol. The molecule has 0 atom stereocenters. The van der Waals surface area contributed by atoms with Crippen molar-refractivity contribution >= 4 is 11.5 Å². The van der Waals surface area contributed by atoms with E-state index in [1.165, 1.54) is 31.0 Å². The minimum absolute atomic E-state index is 0.751. The number of hydrogen-bond donors (Lipinski definition) is 3.